The summed E-state index contributed by atoms with van der Waals surface area (Å²) in [7, 11) is 0. The zero-order valence-corrected chi connectivity index (χ0v) is 6.85. The van der Waals surface area contributed by atoms with Crippen LogP contribution >= 0.6 is 0 Å². The van der Waals surface area contributed by atoms with E-state index in [1.54, 1.807) is 0 Å². The van der Waals surface area contributed by atoms with E-state index in [0.29, 0.717) is 12.3 Å². The molecule has 0 saturated heterocycles. The first-order chi connectivity index (χ1) is 4.52. The molecular weight excluding hydrogens is 126 g/mol. The molecule has 2 nitrogen and oxygen atoms in total. The molecule has 10 heavy (non-hydrogen) atoms. The molecule has 0 fully saturated rings. The van der Waals surface area contributed by atoms with Gasteiger partial charge in [0.25, 0.3) is 0 Å². The van der Waals surface area contributed by atoms with Gasteiger partial charge in [-0.05, 0) is 12.8 Å². The van der Waals surface area contributed by atoms with Gasteiger partial charge in [-0.25, -0.2) is 0 Å². The lowest BCUT2D eigenvalue weighted by Crippen LogP contribution is -2.10. The number of carbonyl (C=O) groups excluding carboxylic acids is 1. The van der Waals surface area contributed by atoms with Crippen LogP contribution in [0, 0.1) is 5.92 Å². The molecule has 2 heteroatoms. The van der Waals surface area contributed by atoms with Gasteiger partial charge in [0.1, 0.15) is 0 Å². The van der Waals surface area contributed by atoms with Gasteiger partial charge < -0.3 is 5.73 Å². The summed E-state index contributed by atoms with van der Waals surface area (Å²) in [6, 6.07) is 0. The zero-order chi connectivity index (χ0) is 8.15. The molecule has 0 aromatic rings. The fourth-order valence-electron chi connectivity index (χ4n) is 0.903. The van der Waals surface area contributed by atoms with E-state index in [1.165, 1.54) is 0 Å². The smallest absolute Gasteiger partial charge is 0.221 e. The average Bonchev–Trinajstić information content (AvgIpc) is 1.58. The Bertz CT molecular complexity index is 147. The molecule has 0 unspecified atom stereocenters. The minimum Gasteiger partial charge on any atom is -0.369 e. The second kappa shape index (κ2) is 4.09. The number of allylic oxidation sites excluding steroid dienone is 1. The number of carbonyl (C=O) groups is 1. The third-order valence-electron chi connectivity index (χ3n) is 1.07. The molecule has 0 aliphatic heterocycles. The molecule has 0 bridgehead atoms. The van der Waals surface area contributed by atoms with E-state index >= 15 is 0 Å². The Morgan fingerprint density at radius 1 is 1.60 bits per heavy atom. The molecule has 2 N–H and O–H groups in total. The van der Waals surface area contributed by atoms with Gasteiger partial charge in [-0.1, -0.05) is 25.5 Å². The standard InChI is InChI=1S/C8H15NO/c1-6(2)4-7(3)5-8(9)10/h4,6H,5H2,1-3H3,(H2,9,10)/b7-4-. The summed E-state index contributed by atoms with van der Waals surface area (Å²) in [5, 5.41) is 0. The summed E-state index contributed by atoms with van der Waals surface area (Å²) in [4.78, 5) is 10.4. The topological polar surface area (TPSA) is 43.1 Å². The molecule has 0 aliphatic rings. The third kappa shape index (κ3) is 5.35. The highest BCUT2D eigenvalue weighted by Crippen LogP contribution is 2.04. The molecule has 0 aliphatic carbocycles. The molecule has 0 rings (SSSR count). The maximum Gasteiger partial charge on any atom is 0.221 e. The lowest BCUT2D eigenvalue weighted by Gasteiger charge is -1.99. The van der Waals surface area contributed by atoms with Crippen LogP contribution in [0.15, 0.2) is 11.6 Å². The van der Waals surface area contributed by atoms with Gasteiger partial charge in [-0.3, -0.25) is 4.79 Å². The van der Waals surface area contributed by atoms with Crippen molar-refractivity contribution in [1.29, 1.82) is 0 Å². The Kier molecular flexibility index (Phi) is 3.77. The molecular formula is C8H15NO. The lowest BCUT2D eigenvalue weighted by molar-refractivity contribution is -0.117. The molecule has 1 amide bonds. The molecule has 0 aromatic heterocycles. The van der Waals surface area contributed by atoms with Crippen molar-refractivity contribution >= 4 is 5.91 Å². The summed E-state index contributed by atoms with van der Waals surface area (Å²) >= 11 is 0. The summed E-state index contributed by atoms with van der Waals surface area (Å²) in [6.07, 6.45) is 2.43. The van der Waals surface area contributed by atoms with Crippen LogP contribution in [0.1, 0.15) is 27.2 Å². The quantitative estimate of drug-likeness (QED) is 0.594. The Morgan fingerprint density at radius 2 is 2.10 bits per heavy atom. The molecule has 0 spiro atoms. The average molecular weight is 141 g/mol. The number of hydrogen-bond acceptors (Lipinski definition) is 1. The van der Waals surface area contributed by atoms with Crippen LogP contribution in [0.25, 0.3) is 0 Å². The van der Waals surface area contributed by atoms with Crippen molar-refractivity contribution in [3.8, 4) is 0 Å². The van der Waals surface area contributed by atoms with Gasteiger partial charge in [-0.2, -0.15) is 0 Å². The van der Waals surface area contributed by atoms with E-state index in [9.17, 15) is 4.79 Å². The number of nitrogens with two attached hydrogens (primary N) is 1. The van der Waals surface area contributed by atoms with Gasteiger partial charge in [0.05, 0.1) is 0 Å². The maximum atomic E-state index is 10.4. The Labute approximate surface area is 62.1 Å². The second-order valence-electron chi connectivity index (χ2n) is 2.90. The molecule has 0 radical (unpaired) electrons. The van der Waals surface area contributed by atoms with Crippen LogP contribution in [-0.4, -0.2) is 5.91 Å². The number of primary amides is 1. The highest BCUT2D eigenvalue weighted by molar-refractivity contribution is 5.76. The first-order valence-corrected chi connectivity index (χ1v) is 3.48. The molecule has 0 heterocycles. The van der Waals surface area contributed by atoms with E-state index in [1.807, 2.05) is 13.0 Å². The van der Waals surface area contributed by atoms with Crippen molar-refractivity contribution < 1.29 is 4.79 Å². The van der Waals surface area contributed by atoms with E-state index < -0.39 is 0 Å². The SMILES string of the molecule is C/C(=C/C(C)C)CC(N)=O. The Morgan fingerprint density at radius 3 is 2.40 bits per heavy atom. The van der Waals surface area contributed by atoms with Crippen LogP contribution in [-0.2, 0) is 4.79 Å². The second-order valence-corrected chi connectivity index (χ2v) is 2.90. The fourth-order valence-corrected chi connectivity index (χ4v) is 0.903. The van der Waals surface area contributed by atoms with Crippen molar-refractivity contribution in [2.45, 2.75) is 27.2 Å². The van der Waals surface area contributed by atoms with Crippen LogP contribution in [0.4, 0.5) is 0 Å². The van der Waals surface area contributed by atoms with Crippen LogP contribution in [0.2, 0.25) is 0 Å². The van der Waals surface area contributed by atoms with Crippen molar-refractivity contribution in [3.63, 3.8) is 0 Å². The van der Waals surface area contributed by atoms with Gasteiger partial charge in [-0.15, -0.1) is 0 Å². The Balaban J connectivity index is 3.82. The van der Waals surface area contributed by atoms with E-state index in [4.69, 9.17) is 5.73 Å². The third-order valence-corrected chi connectivity index (χ3v) is 1.07. The van der Waals surface area contributed by atoms with E-state index in [0.717, 1.165) is 5.57 Å². The fraction of sp³-hybridized carbons (Fsp3) is 0.625. The summed E-state index contributed by atoms with van der Waals surface area (Å²) < 4.78 is 0. The predicted octanol–water partition coefficient (Wildman–Crippen LogP) is 1.46. The summed E-state index contributed by atoms with van der Waals surface area (Å²) in [5.41, 5.74) is 6.05. The monoisotopic (exact) mass is 141 g/mol. The summed E-state index contributed by atoms with van der Waals surface area (Å²) in [5.74, 6) is 0.244. The molecule has 58 valence electrons. The van der Waals surface area contributed by atoms with Gasteiger partial charge in [0.2, 0.25) is 5.91 Å². The summed E-state index contributed by atoms with van der Waals surface area (Å²) in [6.45, 7) is 6.07. The maximum absolute atomic E-state index is 10.4. The largest absolute Gasteiger partial charge is 0.369 e. The minimum atomic E-state index is -0.255. The van der Waals surface area contributed by atoms with E-state index in [2.05, 4.69) is 13.8 Å². The predicted molar refractivity (Wildman–Crippen MR) is 42.4 cm³/mol. The molecule has 0 atom stereocenters. The van der Waals surface area contributed by atoms with Gasteiger partial charge in [0.15, 0.2) is 0 Å². The minimum absolute atomic E-state index is 0.255. The van der Waals surface area contributed by atoms with Crippen molar-refractivity contribution in [2.24, 2.45) is 11.7 Å². The highest BCUT2D eigenvalue weighted by Gasteiger charge is 1.96. The normalized spacial score (nSPS) is 12.2. The first-order valence-electron chi connectivity index (χ1n) is 3.48. The first kappa shape index (κ1) is 9.21. The van der Waals surface area contributed by atoms with Crippen LogP contribution in [0.3, 0.4) is 0 Å². The number of hydrogen-bond donors (Lipinski definition) is 1. The number of amides is 1. The van der Waals surface area contributed by atoms with E-state index in [-0.39, 0.29) is 5.91 Å². The van der Waals surface area contributed by atoms with Crippen molar-refractivity contribution in [2.75, 3.05) is 0 Å². The number of rotatable bonds is 3. The molecule has 0 aromatic carbocycles. The lowest BCUT2D eigenvalue weighted by atomic mass is 10.1. The van der Waals surface area contributed by atoms with Crippen LogP contribution in [0.5, 0.6) is 0 Å². The van der Waals surface area contributed by atoms with Gasteiger partial charge in [0, 0.05) is 6.42 Å². The van der Waals surface area contributed by atoms with Crippen LogP contribution < -0.4 is 5.73 Å². The highest BCUT2D eigenvalue weighted by atomic mass is 16.1. The van der Waals surface area contributed by atoms with Crippen molar-refractivity contribution in [1.82, 2.24) is 0 Å². The zero-order valence-electron chi connectivity index (χ0n) is 6.85. The van der Waals surface area contributed by atoms with Gasteiger partial charge >= 0.3 is 0 Å². The Hall–Kier alpha value is -0.790. The van der Waals surface area contributed by atoms with Crippen molar-refractivity contribution in [3.05, 3.63) is 11.6 Å². The molecule has 0 saturated carbocycles.